The molecule has 1 aliphatic rings. The van der Waals surface area contributed by atoms with Gasteiger partial charge < -0.3 is 9.80 Å². The van der Waals surface area contributed by atoms with Crippen LogP contribution < -0.4 is 4.90 Å². The van der Waals surface area contributed by atoms with Crippen LogP contribution in [0.2, 0.25) is 5.02 Å². The molecule has 0 saturated carbocycles. The predicted molar refractivity (Wildman–Crippen MR) is 108 cm³/mol. The Balaban J connectivity index is 1.46. The lowest BCUT2D eigenvalue weighted by molar-refractivity contribution is 0.0760. The van der Waals surface area contributed by atoms with Crippen molar-refractivity contribution in [3.63, 3.8) is 0 Å². The second-order valence-electron chi connectivity index (χ2n) is 6.71. The summed E-state index contributed by atoms with van der Waals surface area (Å²) < 4.78 is 14.8. The van der Waals surface area contributed by atoms with E-state index in [0.29, 0.717) is 30.4 Å². The maximum absolute atomic E-state index is 13.2. The number of nitrogens with zero attached hydrogens (tertiary/aromatic N) is 4. The number of hydrogen-bond acceptors (Lipinski definition) is 3. The van der Waals surface area contributed by atoms with Gasteiger partial charge in [-0.25, -0.2) is 9.07 Å². The first kappa shape index (κ1) is 18.5. The van der Waals surface area contributed by atoms with Crippen molar-refractivity contribution in [1.29, 1.82) is 0 Å². The molecule has 0 spiro atoms. The number of para-hydroxylation sites is 1. The average Bonchev–Trinajstić information content (AvgIpc) is 3.06. The number of halogens is 2. The van der Waals surface area contributed by atoms with Gasteiger partial charge in [-0.15, -0.1) is 0 Å². The fraction of sp³-hybridized carbons (Fsp3) is 0.238. The third-order valence-corrected chi connectivity index (χ3v) is 5.20. The number of aromatic nitrogens is 2. The van der Waals surface area contributed by atoms with E-state index in [9.17, 15) is 9.18 Å². The standard InChI is InChI=1S/C21H20ClFN4O/c22-18-4-1-2-5-20(18)27-13-10-19(24-27)21(28)26-12-3-11-25(14-15-26)17-8-6-16(23)7-9-17/h1-2,4-10,13H,3,11-12,14-15H2. The summed E-state index contributed by atoms with van der Waals surface area (Å²) in [6.07, 6.45) is 2.59. The summed E-state index contributed by atoms with van der Waals surface area (Å²) in [4.78, 5) is 16.9. The summed E-state index contributed by atoms with van der Waals surface area (Å²) in [5.74, 6) is -0.337. The first-order valence-corrected chi connectivity index (χ1v) is 9.60. The van der Waals surface area contributed by atoms with E-state index >= 15 is 0 Å². The van der Waals surface area contributed by atoms with Crippen molar-refractivity contribution < 1.29 is 9.18 Å². The lowest BCUT2D eigenvalue weighted by Crippen LogP contribution is -2.35. The predicted octanol–water partition coefficient (Wildman–Crippen LogP) is 4.02. The van der Waals surface area contributed by atoms with Crippen LogP contribution in [0.1, 0.15) is 16.9 Å². The molecule has 28 heavy (non-hydrogen) atoms. The van der Waals surface area contributed by atoms with Gasteiger partial charge in [-0.05, 0) is 48.9 Å². The van der Waals surface area contributed by atoms with E-state index in [1.54, 1.807) is 35.1 Å². The highest BCUT2D eigenvalue weighted by atomic mass is 35.5. The number of rotatable bonds is 3. The molecule has 1 aromatic heterocycles. The van der Waals surface area contributed by atoms with Crippen LogP contribution >= 0.6 is 11.6 Å². The van der Waals surface area contributed by atoms with Gasteiger partial charge in [-0.1, -0.05) is 23.7 Å². The smallest absolute Gasteiger partial charge is 0.274 e. The molecule has 0 atom stereocenters. The second kappa shape index (κ2) is 8.02. The van der Waals surface area contributed by atoms with Gasteiger partial charge >= 0.3 is 0 Å². The van der Waals surface area contributed by atoms with Gasteiger partial charge in [0.05, 0.1) is 10.7 Å². The van der Waals surface area contributed by atoms with E-state index < -0.39 is 0 Å². The Morgan fingerprint density at radius 3 is 2.54 bits per heavy atom. The zero-order chi connectivity index (χ0) is 19.5. The van der Waals surface area contributed by atoms with Crippen molar-refractivity contribution in [3.8, 4) is 5.69 Å². The molecule has 2 aromatic carbocycles. The molecule has 0 aliphatic carbocycles. The Hall–Kier alpha value is -2.86. The van der Waals surface area contributed by atoms with Gasteiger partial charge in [-0.2, -0.15) is 5.10 Å². The Kier molecular flexibility index (Phi) is 5.30. The van der Waals surface area contributed by atoms with E-state index in [0.717, 1.165) is 24.3 Å². The zero-order valence-corrected chi connectivity index (χ0v) is 16.0. The highest BCUT2D eigenvalue weighted by Crippen LogP contribution is 2.20. The van der Waals surface area contributed by atoms with Gasteiger partial charge in [-0.3, -0.25) is 4.79 Å². The van der Waals surface area contributed by atoms with Gasteiger partial charge in [0.2, 0.25) is 0 Å². The van der Waals surface area contributed by atoms with Crippen molar-refractivity contribution in [3.05, 3.63) is 77.3 Å². The van der Waals surface area contributed by atoms with Crippen LogP contribution in [0, 0.1) is 5.82 Å². The molecule has 3 aromatic rings. The first-order chi connectivity index (χ1) is 13.6. The normalized spacial score (nSPS) is 14.8. The van der Waals surface area contributed by atoms with Crippen molar-refractivity contribution in [2.75, 3.05) is 31.1 Å². The number of amides is 1. The van der Waals surface area contributed by atoms with Gasteiger partial charge in [0.15, 0.2) is 5.69 Å². The molecule has 0 bridgehead atoms. The van der Waals surface area contributed by atoms with Crippen molar-refractivity contribution in [1.82, 2.24) is 14.7 Å². The Morgan fingerprint density at radius 1 is 0.964 bits per heavy atom. The SMILES string of the molecule is O=C(c1ccn(-c2ccccc2Cl)n1)N1CCCN(c2ccc(F)cc2)CC1. The number of hydrogen-bond donors (Lipinski definition) is 0. The third-order valence-electron chi connectivity index (χ3n) is 4.88. The van der Waals surface area contributed by atoms with Crippen LogP contribution in [0.25, 0.3) is 5.69 Å². The fourth-order valence-electron chi connectivity index (χ4n) is 3.40. The maximum atomic E-state index is 13.2. The van der Waals surface area contributed by atoms with E-state index in [2.05, 4.69) is 10.00 Å². The largest absolute Gasteiger partial charge is 0.370 e. The van der Waals surface area contributed by atoms with E-state index in [1.165, 1.54) is 12.1 Å². The van der Waals surface area contributed by atoms with E-state index in [-0.39, 0.29) is 11.7 Å². The minimum absolute atomic E-state index is 0.0910. The molecule has 1 saturated heterocycles. The van der Waals surface area contributed by atoms with Crippen molar-refractivity contribution >= 4 is 23.2 Å². The van der Waals surface area contributed by atoms with Crippen molar-refractivity contribution in [2.45, 2.75) is 6.42 Å². The molecule has 7 heteroatoms. The quantitative estimate of drug-likeness (QED) is 0.669. The van der Waals surface area contributed by atoms with Crippen molar-refractivity contribution in [2.24, 2.45) is 0 Å². The molecule has 5 nitrogen and oxygen atoms in total. The number of carbonyl (C=O) groups is 1. The molecule has 144 valence electrons. The Bertz CT molecular complexity index is 973. The number of anilines is 1. The van der Waals surface area contributed by atoms with Crippen LogP contribution in [0.15, 0.2) is 60.8 Å². The summed E-state index contributed by atoms with van der Waals surface area (Å²) >= 11 is 6.22. The van der Waals surface area contributed by atoms with Gasteiger partial charge in [0, 0.05) is 38.1 Å². The first-order valence-electron chi connectivity index (χ1n) is 9.22. The second-order valence-corrected chi connectivity index (χ2v) is 7.11. The lowest BCUT2D eigenvalue weighted by Gasteiger charge is -2.23. The fourth-order valence-corrected chi connectivity index (χ4v) is 3.62. The molecular weight excluding hydrogens is 379 g/mol. The van der Waals surface area contributed by atoms with Gasteiger partial charge in [0.1, 0.15) is 5.82 Å². The molecular formula is C21H20ClFN4O. The molecule has 1 amide bonds. The molecule has 0 N–H and O–H groups in total. The molecule has 1 fully saturated rings. The molecule has 0 unspecified atom stereocenters. The van der Waals surface area contributed by atoms with E-state index in [4.69, 9.17) is 11.6 Å². The average molecular weight is 399 g/mol. The topological polar surface area (TPSA) is 41.4 Å². The summed E-state index contributed by atoms with van der Waals surface area (Å²) in [6.45, 7) is 2.77. The molecule has 1 aliphatic heterocycles. The van der Waals surface area contributed by atoms with Crippen LogP contribution in [0.5, 0.6) is 0 Å². The van der Waals surface area contributed by atoms with Crippen LogP contribution in [0.3, 0.4) is 0 Å². The van der Waals surface area contributed by atoms with E-state index in [1.807, 2.05) is 23.1 Å². The zero-order valence-electron chi connectivity index (χ0n) is 15.3. The highest BCUT2D eigenvalue weighted by Gasteiger charge is 2.22. The Morgan fingerprint density at radius 2 is 1.75 bits per heavy atom. The summed E-state index contributed by atoms with van der Waals surface area (Å²) in [7, 11) is 0. The van der Waals surface area contributed by atoms with Crippen LogP contribution in [0.4, 0.5) is 10.1 Å². The lowest BCUT2D eigenvalue weighted by atomic mass is 10.2. The molecule has 0 radical (unpaired) electrons. The monoisotopic (exact) mass is 398 g/mol. The Labute approximate surface area is 167 Å². The highest BCUT2D eigenvalue weighted by molar-refractivity contribution is 6.32. The summed E-state index contributed by atoms with van der Waals surface area (Å²) in [5, 5.41) is 5.00. The summed E-state index contributed by atoms with van der Waals surface area (Å²) in [6, 6.07) is 15.6. The minimum atomic E-state index is -0.246. The van der Waals surface area contributed by atoms with Crippen LogP contribution in [-0.4, -0.2) is 46.8 Å². The molecule has 2 heterocycles. The maximum Gasteiger partial charge on any atom is 0.274 e. The van der Waals surface area contributed by atoms with Crippen LogP contribution in [-0.2, 0) is 0 Å². The summed E-state index contributed by atoms with van der Waals surface area (Å²) in [5.41, 5.74) is 2.11. The van der Waals surface area contributed by atoms with Gasteiger partial charge in [0.25, 0.3) is 5.91 Å². The number of benzene rings is 2. The minimum Gasteiger partial charge on any atom is -0.370 e. The molecule has 4 rings (SSSR count). The third kappa shape index (κ3) is 3.87. The number of carbonyl (C=O) groups excluding carboxylic acids is 1.